The summed E-state index contributed by atoms with van der Waals surface area (Å²) < 4.78 is 0. The fraction of sp³-hybridized carbons (Fsp3) is 0.133. The number of hydrogen-bond donors (Lipinski definition) is 1. The first-order valence-electron chi connectivity index (χ1n) is 6.60. The minimum Gasteiger partial charge on any atom is -0.315 e. The molecule has 0 aliphatic carbocycles. The third-order valence-electron chi connectivity index (χ3n) is 3.38. The van der Waals surface area contributed by atoms with Crippen molar-refractivity contribution < 1.29 is 4.79 Å². The lowest BCUT2D eigenvalue weighted by molar-refractivity contribution is 0.0727. The molecule has 21 heavy (non-hydrogen) atoms. The van der Waals surface area contributed by atoms with Gasteiger partial charge in [0.1, 0.15) is 6.67 Å². The number of anilines is 1. The van der Waals surface area contributed by atoms with Gasteiger partial charge in [0.15, 0.2) is 0 Å². The summed E-state index contributed by atoms with van der Waals surface area (Å²) in [6.07, 6.45) is 0. The second-order valence-corrected chi connectivity index (χ2v) is 4.75. The number of hydrogen-bond acceptors (Lipinski definition) is 3. The van der Waals surface area contributed by atoms with Crippen molar-refractivity contribution in [2.75, 3.05) is 11.7 Å². The van der Waals surface area contributed by atoms with Gasteiger partial charge < -0.3 is 10.7 Å². The van der Waals surface area contributed by atoms with Crippen LogP contribution in [0.1, 0.15) is 15.9 Å². The molecule has 0 saturated carbocycles. The van der Waals surface area contributed by atoms with Gasteiger partial charge in [0, 0.05) is 6.54 Å². The van der Waals surface area contributed by atoms with E-state index in [1.165, 1.54) is 0 Å². The molecule has 0 bridgehead atoms. The Morgan fingerprint density at radius 3 is 2.52 bits per heavy atom. The third kappa shape index (κ3) is 2.55. The second kappa shape index (κ2) is 5.62. The zero-order chi connectivity index (χ0) is 14.7. The smallest absolute Gasteiger partial charge is 0.257 e. The molecule has 1 aliphatic heterocycles. The maximum absolute atomic E-state index is 12.6. The fourth-order valence-electron chi connectivity index (χ4n) is 2.42. The number of benzene rings is 2. The fourth-order valence-corrected chi connectivity index (χ4v) is 2.42. The molecule has 0 spiro atoms. The minimum absolute atomic E-state index is 0.0158. The minimum atomic E-state index is -0.0158. The number of para-hydroxylation sites is 1. The van der Waals surface area contributed by atoms with E-state index in [0.29, 0.717) is 18.8 Å². The van der Waals surface area contributed by atoms with Crippen LogP contribution in [0, 0.1) is 0 Å². The van der Waals surface area contributed by atoms with Gasteiger partial charge in [0.2, 0.25) is 0 Å². The molecule has 2 aromatic carbocycles. The first-order chi connectivity index (χ1) is 10.3. The summed E-state index contributed by atoms with van der Waals surface area (Å²) in [5, 5.41) is 8.86. The van der Waals surface area contributed by atoms with E-state index < -0.39 is 0 Å². The summed E-state index contributed by atoms with van der Waals surface area (Å²) in [5.74, 6) is 5.15. The summed E-state index contributed by atoms with van der Waals surface area (Å²) in [6.45, 7) is 0.843. The normalized spacial score (nSPS) is 14.6. The van der Waals surface area contributed by atoms with Crippen molar-refractivity contribution in [2.24, 2.45) is 16.3 Å². The summed E-state index contributed by atoms with van der Waals surface area (Å²) in [5.41, 5.74) is 2.39. The highest BCUT2D eigenvalue weighted by Gasteiger charge is 2.29. The highest BCUT2D eigenvalue weighted by molar-refractivity contribution is 6.01. The molecule has 2 aromatic rings. The van der Waals surface area contributed by atoms with Crippen molar-refractivity contribution >= 4 is 11.6 Å². The van der Waals surface area contributed by atoms with Gasteiger partial charge >= 0.3 is 0 Å². The van der Waals surface area contributed by atoms with Crippen molar-refractivity contribution in [1.29, 1.82) is 0 Å². The molecule has 1 heterocycles. The Morgan fingerprint density at radius 1 is 1.05 bits per heavy atom. The Kier molecular flexibility index (Phi) is 3.51. The Labute approximate surface area is 122 Å². The first-order valence-corrected chi connectivity index (χ1v) is 6.60. The Hall–Kier alpha value is -2.89. The summed E-state index contributed by atoms with van der Waals surface area (Å²) >= 11 is 0. The Morgan fingerprint density at radius 2 is 1.76 bits per heavy atom. The van der Waals surface area contributed by atoms with Crippen LogP contribution >= 0.6 is 0 Å². The standard InChI is InChI=1S/C15H15N5O/c16-17-18-20-11-19(10-12-6-2-1-3-7-12)15(21)13-8-4-5-9-14(13)20/h1-9H,10-11H2,(H2,16,18). The molecular formula is C15H15N5O. The summed E-state index contributed by atoms with van der Waals surface area (Å²) in [7, 11) is 0. The molecule has 6 heteroatoms. The molecule has 106 valence electrons. The Bertz CT molecular complexity index is 671. The van der Waals surface area contributed by atoms with E-state index >= 15 is 0 Å². The largest absolute Gasteiger partial charge is 0.315 e. The average Bonchev–Trinajstić information content (AvgIpc) is 2.53. The van der Waals surface area contributed by atoms with Crippen LogP contribution in [0.3, 0.4) is 0 Å². The van der Waals surface area contributed by atoms with E-state index in [4.69, 9.17) is 5.84 Å². The molecule has 0 saturated heterocycles. The van der Waals surface area contributed by atoms with Crippen LogP contribution < -0.4 is 10.9 Å². The molecule has 1 aliphatic rings. The molecule has 0 aromatic heterocycles. The van der Waals surface area contributed by atoms with Crippen molar-refractivity contribution in [3.05, 3.63) is 65.7 Å². The van der Waals surface area contributed by atoms with E-state index in [1.54, 1.807) is 16.0 Å². The monoisotopic (exact) mass is 281 g/mol. The van der Waals surface area contributed by atoms with Gasteiger partial charge in [-0.15, -0.1) is 0 Å². The maximum atomic E-state index is 12.6. The van der Waals surface area contributed by atoms with E-state index in [2.05, 4.69) is 10.4 Å². The van der Waals surface area contributed by atoms with Gasteiger partial charge in [-0.2, -0.15) is 0 Å². The van der Waals surface area contributed by atoms with Crippen molar-refractivity contribution in [2.45, 2.75) is 6.54 Å². The lowest BCUT2D eigenvalue weighted by atomic mass is 10.1. The zero-order valence-corrected chi connectivity index (χ0v) is 11.4. The van der Waals surface area contributed by atoms with Gasteiger partial charge in [-0.25, -0.2) is 5.01 Å². The van der Waals surface area contributed by atoms with Gasteiger partial charge in [-0.3, -0.25) is 4.79 Å². The van der Waals surface area contributed by atoms with Crippen molar-refractivity contribution in [3.63, 3.8) is 0 Å². The molecular weight excluding hydrogens is 266 g/mol. The van der Waals surface area contributed by atoms with Crippen LogP contribution in [-0.4, -0.2) is 17.5 Å². The topological polar surface area (TPSA) is 74.3 Å². The third-order valence-corrected chi connectivity index (χ3v) is 3.38. The summed E-state index contributed by atoms with van der Waals surface area (Å²) in [6, 6.07) is 17.1. The maximum Gasteiger partial charge on any atom is 0.257 e. The first kappa shape index (κ1) is 13.1. The van der Waals surface area contributed by atoms with Crippen LogP contribution in [0.15, 0.2) is 65.0 Å². The molecule has 6 nitrogen and oxygen atoms in total. The van der Waals surface area contributed by atoms with E-state index in [-0.39, 0.29) is 5.91 Å². The van der Waals surface area contributed by atoms with Crippen LogP contribution in [0.4, 0.5) is 5.69 Å². The van der Waals surface area contributed by atoms with Gasteiger partial charge in [0.05, 0.1) is 11.3 Å². The van der Waals surface area contributed by atoms with Crippen LogP contribution in [0.2, 0.25) is 0 Å². The van der Waals surface area contributed by atoms with Crippen molar-refractivity contribution in [3.8, 4) is 0 Å². The van der Waals surface area contributed by atoms with Gasteiger partial charge in [-0.05, 0) is 22.9 Å². The molecule has 0 fully saturated rings. The number of carbonyl (C=O) groups is 1. The van der Waals surface area contributed by atoms with Crippen LogP contribution in [-0.2, 0) is 6.54 Å². The highest BCUT2D eigenvalue weighted by Crippen LogP contribution is 2.28. The number of carbonyl (C=O) groups excluding carboxylic acids is 1. The lowest BCUT2D eigenvalue weighted by Gasteiger charge is -2.34. The molecule has 0 atom stereocenters. The van der Waals surface area contributed by atoms with Crippen molar-refractivity contribution in [1.82, 2.24) is 4.90 Å². The SMILES string of the molecule is N/N=N\N1CN(Cc2ccccc2)C(=O)c2ccccc21. The van der Waals surface area contributed by atoms with E-state index in [0.717, 1.165) is 11.3 Å². The van der Waals surface area contributed by atoms with Gasteiger partial charge in [0.25, 0.3) is 5.91 Å². The number of amides is 1. The number of nitrogens with zero attached hydrogens (tertiary/aromatic N) is 4. The van der Waals surface area contributed by atoms with Crippen LogP contribution in [0.5, 0.6) is 0 Å². The molecule has 0 radical (unpaired) electrons. The van der Waals surface area contributed by atoms with E-state index in [9.17, 15) is 4.79 Å². The molecule has 0 unspecified atom stereocenters. The number of fused-ring (bicyclic) bond motifs is 1. The molecule has 3 rings (SSSR count). The predicted octanol–water partition coefficient (Wildman–Crippen LogP) is 2.35. The second-order valence-electron chi connectivity index (χ2n) is 4.75. The molecule has 1 amide bonds. The van der Waals surface area contributed by atoms with Crippen LogP contribution in [0.25, 0.3) is 0 Å². The lowest BCUT2D eigenvalue weighted by Crippen LogP contribution is -2.44. The highest BCUT2D eigenvalue weighted by atomic mass is 16.2. The number of rotatable bonds is 3. The predicted molar refractivity (Wildman–Crippen MR) is 79.1 cm³/mol. The number of nitrogens with two attached hydrogens (primary N) is 1. The quantitative estimate of drug-likeness (QED) is 0.533. The van der Waals surface area contributed by atoms with Gasteiger partial charge in [-0.1, -0.05) is 47.7 Å². The Balaban J connectivity index is 1.92. The molecule has 2 N–H and O–H groups in total. The van der Waals surface area contributed by atoms with E-state index in [1.807, 2.05) is 48.5 Å². The zero-order valence-electron chi connectivity index (χ0n) is 11.4. The summed E-state index contributed by atoms with van der Waals surface area (Å²) in [4.78, 5) is 14.3. The average molecular weight is 281 g/mol.